The lowest BCUT2D eigenvalue weighted by atomic mass is 9.97. The van der Waals surface area contributed by atoms with E-state index in [1.165, 1.54) is 16.2 Å². The van der Waals surface area contributed by atoms with Crippen molar-refractivity contribution in [3.63, 3.8) is 0 Å². The van der Waals surface area contributed by atoms with E-state index >= 15 is 0 Å². The highest BCUT2D eigenvalue weighted by molar-refractivity contribution is 7.13. The molecular formula is C22H27N3O4S. The van der Waals surface area contributed by atoms with Gasteiger partial charge in [-0.3, -0.25) is 14.4 Å². The molecule has 0 spiro atoms. The van der Waals surface area contributed by atoms with E-state index in [1.807, 2.05) is 31.2 Å². The number of rotatable bonds is 6. The van der Waals surface area contributed by atoms with Crippen molar-refractivity contribution in [2.24, 2.45) is 5.92 Å². The minimum atomic E-state index is -0.278. The average molecular weight is 430 g/mol. The molecule has 3 rings (SSSR count). The molecule has 0 unspecified atom stereocenters. The molecule has 1 fully saturated rings. The van der Waals surface area contributed by atoms with Crippen LogP contribution in [0.2, 0.25) is 0 Å². The summed E-state index contributed by atoms with van der Waals surface area (Å²) in [5.74, 6) is -0.741. The molecule has 1 aliphatic rings. The maximum Gasteiger partial charge on any atom is 0.309 e. The van der Waals surface area contributed by atoms with Crippen molar-refractivity contribution >= 4 is 29.1 Å². The predicted molar refractivity (Wildman–Crippen MR) is 115 cm³/mol. The fourth-order valence-electron chi connectivity index (χ4n) is 3.40. The highest BCUT2D eigenvalue weighted by Gasteiger charge is 2.29. The van der Waals surface area contributed by atoms with Gasteiger partial charge in [0.1, 0.15) is 10.7 Å². The topological polar surface area (TPSA) is 79.8 Å². The smallest absolute Gasteiger partial charge is 0.309 e. The number of amides is 2. The summed E-state index contributed by atoms with van der Waals surface area (Å²) in [6, 6.07) is 7.98. The highest BCUT2D eigenvalue weighted by atomic mass is 32.1. The Morgan fingerprint density at radius 2 is 1.87 bits per heavy atom. The van der Waals surface area contributed by atoms with Gasteiger partial charge in [0.05, 0.1) is 19.1 Å². The van der Waals surface area contributed by atoms with Gasteiger partial charge in [0.2, 0.25) is 5.91 Å². The van der Waals surface area contributed by atoms with Crippen LogP contribution in [-0.2, 0) is 14.3 Å². The standard InChI is InChI=1S/C22H27N3O4S/c1-4-29-22(28)17-9-11-25(12-10-17)19(26)13-24(3)21(27)18-14-30-20(23-18)16-7-5-15(2)6-8-16/h5-8,14,17H,4,9-13H2,1-3H3. The summed E-state index contributed by atoms with van der Waals surface area (Å²) >= 11 is 1.41. The van der Waals surface area contributed by atoms with Crippen LogP contribution in [0.4, 0.5) is 0 Å². The van der Waals surface area contributed by atoms with Gasteiger partial charge in [-0.25, -0.2) is 4.98 Å². The number of carbonyl (C=O) groups is 3. The van der Waals surface area contributed by atoms with Crippen LogP contribution in [0.25, 0.3) is 10.6 Å². The monoisotopic (exact) mass is 429 g/mol. The zero-order valence-corrected chi connectivity index (χ0v) is 18.4. The van der Waals surface area contributed by atoms with Crippen LogP contribution in [0.5, 0.6) is 0 Å². The number of carbonyl (C=O) groups excluding carboxylic acids is 3. The first-order valence-corrected chi connectivity index (χ1v) is 11.0. The number of nitrogens with zero attached hydrogens (tertiary/aromatic N) is 3. The van der Waals surface area contributed by atoms with Gasteiger partial charge in [-0.05, 0) is 26.7 Å². The average Bonchev–Trinajstić information content (AvgIpc) is 3.24. The fourth-order valence-corrected chi connectivity index (χ4v) is 4.20. The summed E-state index contributed by atoms with van der Waals surface area (Å²) in [4.78, 5) is 44.7. The summed E-state index contributed by atoms with van der Waals surface area (Å²) < 4.78 is 5.06. The molecule has 1 aromatic heterocycles. The Hall–Kier alpha value is -2.74. The van der Waals surface area contributed by atoms with Crippen LogP contribution in [0, 0.1) is 12.8 Å². The second-order valence-electron chi connectivity index (χ2n) is 7.47. The number of thiazole rings is 1. The lowest BCUT2D eigenvalue weighted by Crippen LogP contribution is -2.45. The van der Waals surface area contributed by atoms with E-state index in [9.17, 15) is 14.4 Å². The van der Waals surface area contributed by atoms with E-state index in [0.29, 0.717) is 38.2 Å². The van der Waals surface area contributed by atoms with Gasteiger partial charge in [-0.1, -0.05) is 29.8 Å². The number of hydrogen-bond donors (Lipinski definition) is 0. The molecule has 0 aliphatic carbocycles. The number of esters is 1. The third-order valence-corrected chi connectivity index (χ3v) is 6.10. The second kappa shape index (κ2) is 9.84. The third-order valence-electron chi connectivity index (χ3n) is 5.21. The zero-order chi connectivity index (χ0) is 21.7. The number of likely N-dealkylation sites (N-methyl/N-ethyl adjacent to an activating group) is 1. The Kier molecular flexibility index (Phi) is 7.20. The van der Waals surface area contributed by atoms with Crippen LogP contribution in [0.3, 0.4) is 0 Å². The molecule has 2 heterocycles. The van der Waals surface area contributed by atoms with Crippen molar-refractivity contribution in [3.05, 3.63) is 40.9 Å². The second-order valence-corrected chi connectivity index (χ2v) is 8.33. The molecular weight excluding hydrogens is 402 g/mol. The van der Waals surface area contributed by atoms with Gasteiger partial charge in [-0.2, -0.15) is 0 Å². The Balaban J connectivity index is 1.54. The van der Waals surface area contributed by atoms with Crippen molar-refractivity contribution in [3.8, 4) is 10.6 Å². The molecule has 0 N–H and O–H groups in total. The lowest BCUT2D eigenvalue weighted by molar-refractivity contribution is -0.151. The molecule has 0 atom stereocenters. The number of piperidine rings is 1. The molecule has 7 nitrogen and oxygen atoms in total. The molecule has 1 aliphatic heterocycles. The van der Waals surface area contributed by atoms with Crippen molar-refractivity contribution in [2.45, 2.75) is 26.7 Å². The first-order valence-electron chi connectivity index (χ1n) is 10.1. The van der Waals surface area contributed by atoms with Gasteiger partial charge in [0.15, 0.2) is 0 Å². The normalized spacial score (nSPS) is 14.4. The van der Waals surface area contributed by atoms with Gasteiger partial charge < -0.3 is 14.5 Å². The molecule has 0 saturated carbocycles. The first kappa shape index (κ1) is 22.0. The molecule has 8 heteroatoms. The SMILES string of the molecule is CCOC(=O)C1CCN(C(=O)CN(C)C(=O)c2csc(-c3ccc(C)cc3)n2)CC1. The molecule has 160 valence electrons. The molecule has 1 saturated heterocycles. The predicted octanol–water partition coefficient (Wildman–Crippen LogP) is 2.99. The maximum absolute atomic E-state index is 12.7. The minimum absolute atomic E-state index is 0.0136. The van der Waals surface area contributed by atoms with Crippen LogP contribution >= 0.6 is 11.3 Å². The van der Waals surface area contributed by atoms with E-state index in [2.05, 4.69) is 4.98 Å². The maximum atomic E-state index is 12.7. The van der Waals surface area contributed by atoms with Gasteiger partial charge in [-0.15, -0.1) is 11.3 Å². The minimum Gasteiger partial charge on any atom is -0.466 e. The number of hydrogen-bond acceptors (Lipinski definition) is 6. The quantitative estimate of drug-likeness (QED) is 0.660. The largest absolute Gasteiger partial charge is 0.466 e. The number of aryl methyl sites for hydroxylation is 1. The van der Waals surface area contributed by atoms with Crippen LogP contribution in [0.15, 0.2) is 29.6 Å². The van der Waals surface area contributed by atoms with Gasteiger partial charge in [0, 0.05) is 31.1 Å². The molecule has 30 heavy (non-hydrogen) atoms. The van der Waals surface area contributed by atoms with Crippen molar-refractivity contribution in [1.82, 2.24) is 14.8 Å². The van der Waals surface area contributed by atoms with E-state index < -0.39 is 0 Å². The molecule has 1 aromatic carbocycles. The summed E-state index contributed by atoms with van der Waals surface area (Å²) in [5, 5.41) is 2.50. The van der Waals surface area contributed by atoms with E-state index in [1.54, 1.807) is 24.3 Å². The molecule has 2 amide bonds. The number of ether oxygens (including phenoxy) is 1. The van der Waals surface area contributed by atoms with Crippen LogP contribution < -0.4 is 0 Å². The van der Waals surface area contributed by atoms with E-state index in [-0.39, 0.29) is 30.2 Å². The van der Waals surface area contributed by atoms with Crippen LogP contribution in [0.1, 0.15) is 35.8 Å². The van der Waals surface area contributed by atoms with Gasteiger partial charge in [0.25, 0.3) is 5.91 Å². The number of likely N-dealkylation sites (tertiary alicyclic amines) is 1. The van der Waals surface area contributed by atoms with E-state index in [4.69, 9.17) is 4.74 Å². The number of benzene rings is 1. The zero-order valence-electron chi connectivity index (χ0n) is 17.6. The Morgan fingerprint density at radius 3 is 2.50 bits per heavy atom. The van der Waals surface area contributed by atoms with Crippen molar-refractivity contribution in [1.29, 1.82) is 0 Å². The highest BCUT2D eigenvalue weighted by Crippen LogP contribution is 2.24. The third kappa shape index (κ3) is 5.24. The summed E-state index contributed by atoms with van der Waals surface area (Å²) in [7, 11) is 1.61. The summed E-state index contributed by atoms with van der Waals surface area (Å²) in [6.07, 6.45) is 1.18. The first-order chi connectivity index (χ1) is 14.4. The number of aromatic nitrogens is 1. The van der Waals surface area contributed by atoms with E-state index in [0.717, 1.165) is 16.1 Å². The Morgan fingerprint density at radius 1 is 1.20 bits per heavy atom. The van der Waals surface area contributed by atoms with Gasteiger partial charge >= 0.3 is 5.97 Å². The molecule has 0 radical (unpaired) electrons. The molecule has 2 aromatic rings. The Bertz CT molecular complexity index is 901. The molecule has 0 bridgehead atoms. The lowest BCUT2D eigenvalue weighted by Gasteiger charge is -2.32. The van der Waals surface area contributed by atoms with Crippen molar-refractivity contribution in [2.75, 3.05) is 33.3 Å². The Labute approximate surface area is 180 Å². The van der Waals surface area contributed by atoms with Crippen molar-refractivity contribution < 1.29 is 19.1 Å². The summed E-state index contributed by atoms with van der Waals surface area (Å²) in [5.41, 5.74) is 2.47. The summed E-state index contributed by atoms with van der Waals surface area (Å²) in [6.45, 7) is 5.16. The fraction of sp³-hybridized carbons (Fsp3) is 0.455. The van der Waals surface area contributed by atoms with Crippen LogP contribution in [-0.4, -0.2) is 65.9 Å².